The van der Waals surface area contributed by atoms with Crippen LogP contribution in [-0.2, 0) is 22.5 Å². The lowest BCUT2D eigenvalue weighted by Crippen LogP contribution is -2.44. The van der Waals surface area contributed by atoms with Crippen molar-refractivity contribution in [3.05, 3.63) is 11.8 Å². The Balaban J connectivity index is 1.79. The van der Waals surface area contributed by atoms with E-state index < -0.39 is 0 Å². The minimum absolute atomic E-state index is 0.112. The monoisotopic (exact) mass is 268 g/mol. The molecule has 0 N–H and O–H groups in total. The van der Waals surface area contributed by atoms with E-state index in [9.17, 15) is 4.79 Å². The molecule has 2 rings (SSSR count). The zero-order chi connectivity index (χ0) is 13.7. The third kappa shape index (κ3) is 4.00. The standard InChI is InChI=1S/C12H20N4O3/c1-3-10-13-14-11(19-10)8-15(2)9-12(17)16-4-6-18-7-5-16/h3-9H2,1-2H3. The van der Waals surface area contributed by atoms with Crippen LogP contribution in [0.4, 0.5) is 0 Å². The van der Waals surface area contributed by atoms with Crippen LogP contribution in [-0.4, -0.2) is 65.8 Å². The van der Waals surface area contributed by atoms with Crippen LogP contribution in [0.5, 0.6) is 0 Å². The van der Waals surface area contributed by atoms with E-state index in [2.05, 4.69) is 10.2 Å². The highest BCUT2D eigenvalue weighted by molar-refractivity contribution is 5.78. The van der Waals surface area contributed by atoms with Crippen molar-refractivity contribution in [3.8, 4) is 0 Å². The first-order valence-corrected chi connectivity index (χ1v) is 6.54. The van der Waals surface area contributed by atoms with E-state index in [1.807, 2.05) is 23.8 Å². The summed E-state index contributed by atoms with van der Waals surface area (Å²) in [5.41, 5.74) is 0. The molecule has 0 radical (unpaired) electrons. The van der Waals surface area contributed by atoms with Crippen molar-refractivity contribution in [3.63, 3.8) is 0 Å². The summed E-state index contributed by atoms with van der Waals surface area (Å²) in [4.78, 5) is 15.7. The van der Waals surface area contributed by atoms with Gasteiger partial charge < -0.3 is 14.1 Å². The van der Waals surface area contributed by atoms with Crippen LogP contribution in [0, 0.1) is 0 Å². The molecule has 7 nitrogen and oxygen atoms in total. The average molecular weight is 268 g/mol. The van der Waals surface area contributed by atoms with E-state index >= 15 is 0 Å². The van der Waals surface area contributed by atoms with E-state index in [-0.39, 0.29) is 5.91 Å². The van der Waals surface area contributed by atoms with Gasteiger partial charge in [-0.25, -0.2) is 0 Å². The molecule has 0 atom stereocenters. The van der Waals surface area contributed by atoms with Crippen LogP contribution in [0.2, 0.25) is 0 Å². The molecule has 106 valence electrons. The molecule has 1 aromatic heterocycles. The van der Waals surface area contributed by atoms with Crippen LogP contribution in [0.1, 0.15) is 18.7 Å². The summed E-state index contributed by atoms with van der Waals surface area (Å²) >= 11 is 0. The van der Waals surface area contributed by atoms with Gasteiger partial charge in [-0.15, -0.1) is 10.2 Å². The lowest BCUT2D eigenvalue weighted by molar-refractivity contribution is -0.136. The van der Waals surface area contributed by atoms with Crippen LogP contribution in [0.25, 0.3) is 0 Å². The van der Waals surface area contributed by atoms with Gasteiger partial charge >= 0.3 is 0 Å². The highest BCUT2D eigenvalue weighted by atomic mass is 16.5. The topological polar surface area (TPSA) is 71.7 Å². The Morgan fingerprint density at radius 1 is 1.32 bits per heavy atom. The van der Waals surface area contributed by atoms with Gasteiger partial charge in [0.25, 0.3) is 0 Å². The number of carbonyl (C=O) groups is 1. The van der Waals surface area contributed by atoms with Crippen molar-refractivity contribution < 1.29 is 13.9 Å². The minimum atomic E-state index is 0.112. The van der Waals surface area contributed by atoms with Gasteiger partial charge in [-0.3, -0.25) is 9.69 Å². The molecule has 19 heavy (non-hydrogen) atoms. The molecule has 1 aromatic rings. The molecule has 1 amide bonds. The van der Waals surface area contributed by atoms with Gasteiger partial charge in [-0.1, -0.05) is 6.92 Å². The third-order valence-electron chi connectivity index (χ3n) is 2.99. The maximum atomic E-state index is 12.0. The predicted octanol–water partition coefficient (Wildman–Crippen LogP) is -0.0774. The van der Waals surface area contributed by atoms with Gasteiger partial charge in [0, 0.05) is 19.5 Å². The number of rotatable bonds is 5. The van der Waals surface area contributed by atoms with E-state index in [1.54, 1.807) is 0 Å². The summed E-state index contributed by atoms with van der Waals surface area (Å²) in [6.45, 7) is 5.40. The van der Waals surface area contributed by atoms with Gasteiger partial charge in [-0.2, -0.15) is 0 Å². The zero-order valence-corrected chi connectivity index (χ0v) is 11.5. The molecule has 2 heterocycles. The summed E-state index contributed by atoms with van der Waals surface area (Å²) in [7, 11) is 1.87. The molecule has 0 saturated carbocycles. The SMILES string of the molecule is CCc1nnc(CN(C)CC(=O)N2CCOCC2)o1. The molecule has 1 fully saturated rings. The fraction of sp³-hybridized carbons (Fsp3) is 0.750. The molecule has 0 bridgehead atoms. The maximum absolute atomic E-state index is 12.0. The first kappa shape index (κ1) is 14.0. The zero-order valence-electron chi connectivity index (χ0n) is 11.5. The normalized spacial score (nSPS) is 16.1. The van der Waals surface area contributed by atoms with Crippen LogP contribution in [0.15, 0.2) is 4.42 Å². The molecule has 0 unspecified atom stereocenters. The molecule has 0 aliphatic carbocycles. The predicted molar refractivity (Wildman–Crippen MR) is 67.4 cm³/mol. The van der Waals surface area contributed by atoms with E-state index in [4.69, 9.17) is 9.15 Å². The number of morpholine rings is 1. The number of hydrogen-bond donors (Lipinski definition) is 0. The fourth-order valence-electron chi connectivity index (χ4n) is 1.93. The molecular formula is C12H20N4O3. The van der Waals surface area contributed by atoms with Crippen molar-refractivity contribution in [1.29, 1.82) is 0 Å². The molecule has 0 spiro atoms. The Labute approximate surface area is 112 Å². The second-order valence-corrected chi connectivity index (χ2v) is 4.61. The van der Waals surface area contributed by atoms with E-state index in [0.717, 1.165) is 6.42 Å². The third-order valence-corrected chi connectivity index (χ3v) is 2.99. The molecular weight excluding hydrogens is 248 g/mol. The Bertz CT molecular complexity index is 415. The maximum Gasteiger partial charge on any atom is 0.236 e. The van der Waals surface area contributed by atoms with Crippen LogP contribution >= 0.6 is 0 Å². The lowest BCUT2D eigenvalue weighted by atomic mass is 10.4. The van der Waals surface area contributed by atoms with E-state index in [1.165, 1.54) is 0 Å². The largest absolute Gasteiger partial charge is 0.424 e. The number of nitrogens with zero attached hydrogens (tertiary/aromatic N) is 4. The Hall–Kier alpha value is -1.47. The number of hydrogen-bond acceptors (Lipinski definition) is 6. The molecule has 1 saturated heterocycles. The Morgan fingerprint density at radius 3 is 2.63 bits per heavy atom. The van der Waals surface area contributed by atoms with Crippen molar-refractivity contribution >= 4 is 5.91 Å². The fourth-order valence-corrected chi connectivity index (χ4v) is 1.93. The number of aryl methyl sites for hydroxylation is 1. The molecule has 0 aromatic carbocycles. The summed E-state index contributed by atoms with van der Waals surface area (Å²) in [6, 6.07) is 0. The van der Waals surface area contributed by atoms with Crippen LogP contribution in [0.3, 0.4) is 0 Å². The second-order valence-electron chi connectivity index (χ2n) is 4.61. The van der Waals surface area contributed by atoms with Gasteiger partial charge in [0.2, 0.25) is 17.7 Å². The first-order valence-electron chi connectivity index (χ1n) is 6.54. The molecule has 7 heteroatoms. The summed E-state index contributed by atoms with van der Waals surface area (Å²) in [6.07, 6.45) is 0.726. The Morgan fingerprint density at radius 2 is 2.00 bits per heavy atom. The highest BCUT2D eigenvalue weighted by Gasteiger charge is 2.19. The summed E-state index contributed by atoms with van der Waals surface area (Å²) < 4.78 is 10.6. The number of ether oxygens (including phenoxy) is 1. The minimum Gasteiger partial charge on any atom is -0.424 e. The second kappa shape index (κ2) is 6.63. The van der Waals surface area contributed by atoms with Crippen molar-refractivity contribution in [1.82, 2.24) is 20.0 Å². The molecule has 1 aliphatic heterocycles. The van der Waals surface area contributed by atoms with Gasteiger partial charge in [0.05, 0.1) is 26.3 Å². The van der Waals surface area contributed by atoms with E-state index in [0.29, 0.717) is 51.2 Å². The van der Waals surface area contributed by atoms with Gasteiger partial charge in [-0.05, 0) is 7.05 Å². The first-order chi connectivity index (χ1) is 9.19. The summed E-state index contributed by atoms with van der Waals surface area (Å²) in [5, 5.41) is 7.85. The smallest absolute Gasteiger partial charge is 0.236 e. The summed E-state index contributed by atoms with van der Waals surface area (Å²) in [5.74, 6) is 1.29. The number of carbonyl (C=O) groups excluding carboxylic acids is 1. The number of aromatic nitrogens is 2. The quantitative estimate of drug-likeness (QED) is 0.744. The molecule has 1 aliphatic rings. The van der Waals surface area contributed by atoms with Crippen molar-refractivity contribution in [2.45, 2.75) is 19.9 Å². The average Bonchev–Trinajstić information content (AvgIpc) is 2.87. The number of amides is 1. The van der Waals surface area contributed by atoms with Gasteiger partial charge in [0.1, 0.15) is 0 Å². The van der Waals surface area contributed by atoms with Crippen molar-refractivity contribution in [2.75, 3.05) is 39.9 Å². The Kier molecular flexibility index (Phi) is 4.86. The van der Waals surface area contributed by atoms with Gasteiger partial charge in [0.15, 0.2) is 0 Å². The van der Waals surface area contributed by atoms with Crippen LogP contribution < -0.4 is 0 Å². The highest BCUT2D eigenvalue weighted by Crippen LogP contribution is 2.04. The number of likely N-dealkylation sites (N-methyl/N-ethyl adjacent to an activating group) is 1. The van der Waals surface area contributed by atoms with Crippen molar-refractivity contribution in [2.24, 2.45) is 0 Å². The lowest BCUT2D eigenvalue weighted by Gasteiger charge is -2.28.